The molecule has 11 nitrogen and oxygen atoms in total. The van der Waals surface area contributed by atoms with Crippen molar-refractivity contribution in [1.29, 1.82) is 5.41 Å². The summed E-state index contributed by atoms with van der Waals surface area (Å²) in [7, 11) is 3.54. The number of nitroso groups, excluding NO2 is 1. The summed E-state index contributed by atoms with van der Waals surface area (Å²) in [6.45, 7) is 7.64. The number of benzene rings is 1. The molecule has 4 rings (SSSR count). The van der Waals surface area contributed by atoms with E-state index in [0.717, 1.165) is 19.3 Å². The van der Waals surface area contributed by atoms with Crippen LogP contribution in [-0.2, 0) is 11.8 Å². The SMILES string of the molecule is CNCC(COc1cccc(-c2nc(NC(C)C)c(C(C)=N)c3c2c(=O)n(C)n3C2CCCOCC2)c1)N=O. The largest absolute Gasteiger partial charge is 0.491 e. The first kappa shape index (κ1) is 28.4. The Labute approximate surface area is 228 Å². The van der Waals surface area contributed by atoms with Gasteiger partial charge >= 0.3 is 0 Å². The van der Waals surface area contributed by atoms with Crippen LogP contribution in [0.15, 0.2) is 34.2 Å². The molecule has 1 aromatic carbocycles. The van der Waals surface area contributed by atoms with E-state index in [9.17, 15) is 9.70 Å². The van der Waals surface area contributed by atoms with E-state index in [1.165, 1.54) is 0 Å². The first-order valence-electron chi connectivity index (χ1n) is 13.5. The molecule has 210 valence electrons. The van der Waals surface area contributed by atoms with Gasteiger partial charge in [0.1, 0.15) is 24.2 Å². The van der Waals surface area contributed by atoms with Crippen LogP contribution in [0.25, 0.3) is 22.2 Å². The maximum absolute atomic E-state index is 13.9. The zero-order valence-electron chi connectivity index (χ0n) is 23.4. The average molecular weight is 538 g/mol. The van der Waals surface area contributed by atoms with Crippen molar-refractivity contribution in [3.05, 3.63) is 45.1 Å². The molecule has 39 heavy (non-hydrogen) atoms. The van der Waals surface area contributed by atoms with Crippen LogP contribution in [0.5, 0.6) is 5.75 Å². The Balaban J connectivity index is 1.94. The highest BCUT2D eigenvalue weighted by Crippen LogP contribution is 2.36. The van der Waals surface area contributed by atoms with Gasteiger partial charge in [-0.25, -0.2) is 4.98 Å². The lowest BCUT2D eigenvalue weighted by Crippen LogP contribution is -2.27. The van der Waals surface area contributed by atoms with Crippen molar-refractivity contribution in [3.63, 3.8) is 0 Å². The minimum Gasteiger partial charge on any atom is -0.491 e. The van der Waals surface area contributed by atoms with Crippen LogP contribution in [0, 0.1) is 10.3 Å². The van der Waals surface area contributed by atoms with Crippen molar-refractivity contribution in [2.24, 2.45) is 12.2 Å². The first-order valence-corrected chi connectivity index (χ1v) is 13.5. The fourth-order valence-electron chi connectivity index (χ4n) is 5.20. The Bertz CT molecular complexity index is 1390. The Morgan fingerprint density at radius 3 is 2.79 bits per heavy atom. The summed E-state index contributed by atoms with van der Waals surface area (Å²) in [6, 6.07) is 6.96. The Morgan fingerprint density at radius 1 is 1.31 bits per heavy atom. The lowest BCUT2D eigenvalue weighted by molar-refractivity contribution is 0.141. The Hall–Kier alpha value is -3.57. The summed E-state index contributed by atoms with van der Waals surface area (Å²) < 4.78 is 15.3. The number of aromatic nitrogens is 3. The number of ether oxygens (including phenoxy) is 2. The van der Waals surface area contributed by atoms with E-state index in [-0.39, 0.29) is 24.2 Å². The average Bonchev–Trinajstić information content (AvgIpc) is 3.07. The van der Waals surface area contributed by atoms with Gasteiger partial charge in [0.15, 0.2) is 0 Å². The number of anilines is 1. The Morgan fingerprint density at radius 2 is 2.10 bits per heavy atom. The summed E-state index contributed by atoms with van der Waals surface area (Å²) in [5.74, 6) is 1.12. The van der Waals surface area contributed by atoms with E-state index < -0.39 is 6.04 Å². The summed E-state index contributed by atoms with van der Waals surface area (Å²) in [5, 5.41) is 18.7. The minimum atomic E-state index is -0.523. The lowest BCUT2D eigenvalue weighted by Gasteiger charge is -2.23. The van der Waals surface area contributed by atoms with Crippen molar-refractivity contribution >= 4 is 22.4 Å². The number of pyridine rings is 1. The molecule has 0 aliphatic carbocycles. The van der Waals surface area contributed by atoms with Crippen molar-refractivity contribution in [1.82, 2.24) is 19.7 Å². The number of nitrogens with zero attached hydrogens (tertiary/aromatic N) is 4. The molecule has 11 heteroatoms. The van der Waals surface area contributed by atoms with Crippen LogP contribution in [0.2, 0.25) is 0 Å². The summed E-state index contributed by atoms with van der Waals surface area (Å²) in [5.41, 5.74) is 2.74. The van der Waals surface area contributed by atoms with Gasteiger partial charge in [-0.1, -0.05) is 17.3 Å². The zero-order valence-corrected chi connectivity index (χ0v) is 23.4. The second kappa shape index (κ2) is 12.5. The van der Waals surface area contributed by atoms with Crippen LogP contribution in [-0.4, -0.2) is 65.6 Å². The highest BCUT2D eigenvalue weighted by atomic mass is 16.5. The van der Waals surface area contributed by atoms with Gasteiger partial charge in [-0.3, -0.25) is 14.2 Å². The molecule has 2 atom stereocenters. The standard InChI is InChI=1S/C28H39N7O4/c1-17(2)31-27-23(18(3)29)26-24(28(36)34(5)35(26)21-9-7-12-38-13-11-21)25(32-27)19-8-6-10-22(14-19)39-16-20(33-37)15-30-4/h6,8,10,14,17,20-21,29-30H,7,9,11-13,15-16H2,1-5H3,(H,31,32). The molecule has 0 bridgehead atoms. The molecule has 1 saturated heterocycles. The van der Waals surface area contributed by atoms with Crippen molar-refractivity contribution in [2.75, 3.05) is 38.7 Å². The van der Waals surface area contributed by atoms with Gasteiger partial charge in [-0.2, -0.15) is 4.91 Å². The van der Waals surface area contributed by atoms with Crippen molar-refractivity contribution in [3.8, 4) is 17.0 Å². The molecule has 1 aliphatic heterocycles. The van der Waals surface area contributed by atoms with E-state index >= 15 is 0 Å². The molecule has 2 aromatic heterocycles. The van der Waals surface area contributed by atoms with E-state index in [4.69, 9.17) is 19.9 Å². The third-order valence-electron chi connectivity index (χ3n) is 6.94. The van der Waals surface area contributed by atoms with Crippen LogP contribution in [0.1, 0.15) is 51.6 Å². The molecule has 0 saturated carbocycles. The van der Waals surface area contributed by atoms with Crippen LogP contribution in [0.4, 0.5) is 5.82 Å². The smallest absolute Gasteiger partial charge is 0.276 e. The third-order valence-corrected chi connectivity index (χ3v) is 6.94. The summed E-state index contributed by atoms with van der Waals surface area (Å²) in [4.78, 5) is 30.0. The molecule has 3 N–H and O–H groups in total. The third kappa shape index (κ3) is 6.04. The normalized spacial score (nSPS) is 16.7. The van der Waals surface area contributed by atoms with E-state index in [2.05, 4.69) is 20.5 Å². The van der Waals surface area contributed by atoms with Crippen molar-refractivity contribution in [2.45, 2.75) is 58.2 Å². The Kier molecular flexibility index (Phi) is 9.13. The van der Waals surface area contributed by atoms with Crippen LogP contribution < -0.4 is 20.9 Å². The number of likely N-dealkylation sites (N-methyl/N-ethyl adjacent to an activating group) is 1. The number of hydrogen-bond acceptors (Lipinski definition) is 9. The van der Waals surface area contributed by atoms with Crippen LogP contribution in [0.3, 0.4) is 0 Å². The topological polar surface area (TPSA) is 136 Å². The highest BCUT2D eigenvalue weighted by molar-refractivity contribution is 6.13. The first-order chi connectivity index (χ1) is 18.8. The number of rotatable bonds is 11. The quantitative estimate of drug-likeness (QED) is 0.248. The zero-order chi connectivity index (χ0) is 28.1. The van der Waals surface area contributed by atoms with E-state index in [1.54, 1.807) is 31.8 Å². The maximum atomic E-state index is 13.9. The molecule has 0 amide bonds. The molecule has 3 heterocycles. The van der Waals surface area contributed by atoms with Gasteiger partial charge in [0.2, 0.25) is 0 Å². The van der Waals surface area contributed by atoms with Crippen LogP contribution >= 0.6 is 0 Å². The number of fused-ring (bicyclic) bond motifs is 1. The molecule has 0 spiro atoms. The number of nitrogens with one attached hydrogen (secondary N) is 3. The number of hydrogen-bond donors (Lipinski definition) is 3. The van der Waals surface area contributed by atoms with Gasteiger partial charge in [0.25, 0.3) is 5.56 Å². The molecule has 3 aromatic rings. The molecule has 2 unspecified atom stereocenters. The summed E-state index contributed by atoms with van der Waals surface area (Å²) >= 11 is 0. The van der Waals surface area contributed by atoms with E-state index in [0.29, 0.717) is 64.8 Å². The van der Waals surface area contributed by atoms with Gasteiger partial charge in [0.05, 0.1) is 28.2 Å². The minimum absolute atomic E-state index is 0.0533. The van der Waals surface area contributed by atoms with Gasteiger partial charge < -0.3 is 25.5 Å². The van der Waals surface area contributed by atoms with Gasteiger partial charge in [0, 0.05) is 44.1 Å². The monoisotopic (exact) mass is 537 g/mol. The maximum Gasteiger partial charge on any atom is 0.276 e. The fourth-order valence-corrected chi connectivity index (χ4v) is 5.20. The van der Waals surface area contributed by atoms with Crippen molar-refractivity contribution < 1.29 is 9.47 Å². The summed E-state index contributed by atoms with van der Waals surface area (Å²) in [6.07, 6.45) is 2.55. The molecule has 1 fully saturated rings. The highest BCUT2D eigenvalue weighted by Gasteiger charge is 2.28. The second-order valence-corrected chi connectivity index (χ2v) is 10.4. The second-order valence-electron chi connectivity index (χ2n) is 10.4. The predicted molar refractivity (Wildman–Crippen MR) is 154 cm³/mol. The predicted octanol–water partition coefficient (Wildman–Crippen LogP) is 4.08. The lowest BCUT2D eigenvalue weighted by atomic mass is 10.0. The van der Waals surface area contributed by atoms with E-state index in [1.807, 2.05) is 32.0 Å². The van der Waals surface area contributed by atoms with Gasteiger partial charge in [-0.15, -0.1) is 0 Å². The molecular weight excluding hydrogens is 498 g/mol. The molecule has 1 aliphatic rings. The van der Waals surface area contributed by atoms with Gasteiger partial charge in [-0.05, 0) is 59.2 Å². The molecular formula is C28H39N7O4. The molecule has 0 radical (unpaired) electrons. The fraction of sp³-hybridized carbons (Fsp3) is 0.536.